The van der Waals surface area contributed by atoms with Gasteiger partial charge in [0, 0.05) is 0 Å². The third kappa shape index (κ3) is 1.70. The van der Waals surface area contributed by atoms with Gasteiger partial charge < -0.3 is 0 Å². The van der Waals surface area contributed by atoms with Crippen molar-refractivity contribution in [2.24, 2.45) is 0 Å². The van der Waals surface area contributed by atoms with Crippen LogP contribution in [-0.4, -0.2) is 11.8 Å². The Bertz CT molecular complexity index is 1080. The Labute approximate surface area is 131 Å². The van der Waals surface area contributed by atoms with Crippen LogP contribution in [0.2, 0.25) is 0 Å². The van der Waals surface area contributed by atoms with Gasteiger partial charge in [-0.15, -0.1) is 0 Å². The molecule has 23 heavy (non-hydrogen) atoms. The first kappa shape index (κ1) is 12.4. The number of nitrogens with one attached hydrogen (secondary N) is 1. The van der Waals surface area contributed by atoms with Gasteiger partial charge in [-0.1, -0.05) is 24.3 Å². The number of benzene rings is 4. The molecule has 0 atom stereocenters. The normalized spacial score (nSPS) is 13.7. The molecule has 0 radical (unpaired) electrons. The molecule has 0 aromatic heterocycles. The molecule has 1 heterocycles. The van der Waals surface area contributed by atoms with Crippen molar-refractivity contribution in [1.82, 2.24) is 5.32 Å². The standard InChI is InChI=1S/C20H11NO2/c22-19-17-9-15-7-13-5-11-3-1-2-4-12(11)6-14(13)8-16(15)10-18(17)20(23)21-19/h1-10H,(H,21,22,23). The summed E-state index contributed by atoms with van der Waals surface area (Å²) in [6.07, 6.45) is 0. The summed E-state index contributed by atoms with van der Waals surface area (Å²) in [4.78, 5) is 23.7. The molecule has 5 rings (SSSR count). The van der Waals surface area contributed by atoms with Gasteiger partial charge in [0.05, 0.1) is 11.1 Å². The molecule has 1 aliphatic rings. The lowest BCUT2D eigenvalue weighted by molar-refractivity contribution is 0.0879. The number of hydrogen-bond acceptors (Lipinski definition) is 2. The summed E-state index contributed by atoms with van der Waals surface area (Å²) in [7, 11) is 0. The lowest BCUT2D eigenvalue weighted by Crippen LogP contribution is -2.19. The second kappa shape index (κ2) is 4.17. The first-order valence-corrected chi connectivity index (χ1v) is 7.45. The van der Waals surface area contributed by atoms with Crippen LogP contribution in [0.3, 0.4) is 0 Å². The molecule has 4 aromatic rings. The number of carbonyl (C=O) groups is 2. The van der Waals surface area contributed by atoms with E-state index in [0.29, 0.717) is 11.1 Å². The van der Waals surface area contributed by atoms with E-state index in [0.717, 1.165) is 21.5 Å². The van der Waals surface area contributed by atoms with Gasteiger partial charge >= 0.3 is 0 Å². The Morgan fingerprint density at radius 3 is 1.39 bits per heavy atom. The number of fused-ring (bicyclic) bond motifs is 4. The van der Waals surface area contributed by atoms with Crippen molar-refractivity contribution < 1.29 is 9.59 Å². The highest BCUT2D eigenvalue weighted by Gasteiger charge is 2.26. The molecule has 3 heteroatoms. The first-order chi connectivity index (χ1) is 11.2. The summed E-state index contributed by atoms with van der Waals surface area (Å²) < 4.78 is 0. The molecule has 4 aromatic carbocycles. The van der Waals surface area contributed by atoms with E-state index in [9.17, 15) is 9.59 Å². The lowest BCUT2D eigenvalue weighted by atomic mass is 9.97. The molecular weight excluding hydrogens is 286 g/mol. The van der Waals surface area contributed by atoms with E-state index >= 15 is 0 Å². The Balaban J connectivity index is 1.89. The molecule has 1 N–H and O–H groups in total. The number of amides is 2. The van der Waals surface area contributed by atoms with E-state index in [4.69, 9.17) is 0 Å². The zero-order chi connectivity index (χ0) is 15.6. The van der Waals surface area contributed by atoms with Crippen LogP contribution in [0.4, 0.5) is 0 Å². The van der Waals surface area contributed by atoms with Crippen LogP contribution < -0.4 is 5.32 Å². The van der Waals surface area contributed by atoms with Crippen LogP contribution in [-0.2, 0) is 0 Å². The van der Waals surface area contributed by atoms with Crippen LogP contribution in [0.15, 0.2) is 60.7 Å². The van der Waals surface area contributed by atoms with Crippen molar-refractivity contribution in [1.29, 1.82) is 0 Å². The van der Waals surface area contributed by atoms with E-state index in [-0.39, 0.29) is 11.8 Å². The number of imide groups is 1. The molecular formula is C20H11NO2. The highest BCUT2D eigenvalue weighted by atomic mass is 16.2. The van der Waals surface area contributed by atoms with Gasteiger partial charge in [-0.3, -0.25) is 14.9 Å². The summed E-state index contributed by atoms with van der Waals surface area (Å²) in [5.41, 5.74) is 0.922. The van der Waals surface area contributed by atoms with E-state index in [2.05, 4.69) is 41.7 Å². The van der Waals surface area contributed by atoms with Gasteiger partial charge in [0.1, 0.15) is 0 Å². The maximum Gasteiger partial charge on any atom is 0.258 e. The second-order valence-electron chi connectivity index (χ2n) is 5.93. The average molecular weight is 297 g/mol. The van der Waals surface area contributed by atoms with E-state index < -0.39 is 0 Å². The topological polar surface area (TPSA) is 46.2 Å². The summed E-state index contributed by atoms with van der Waals surface area (Å²) in [6.45, 7) is 0. The van der Waals surface area contributed by atoms with Crippen molar-refractivity contribution in [3.05, 3.63) is 71.8 Å². The Morgan fingerprint density at radius 2 is 0.913 bits per heavy atom. The van der Waals surface area contributed by atoms with Crippen LogP contribution in [0, 0.1) is 0 Å². The number of hydrogen-bond donors (Lipinski definition) is 1. The zero-order valence-electron chi connectivity index (χ0n) is 12.1. The fourth-order valence-corrected chi connectivity index (χ4v) is 3.36. The summed E-state index contributed by atoms with van der Waals surface area (Å²) in [5.74, 6) is -0.629. The maximum absolute atomic E-state index is 11.8. The minimum absolute atomic E-state index is 0.314. The lowest BCUT2D eigenvalue weighted by Gasteiger charge is -2.06. The maximum atomic E-state index is 11.8. The smallest absolute Gasteiger partial charge is 0.258 e. The molecule has 1 aliphatic heterocycles. The van der Waals surface area contributed by atoms with Gasteiger partial charge in [0.15, 0.2) is 0 Å². The molecule has 0 unspecified atom stereocenters. The third-order valence-electron chi connectivity index (χ3n) is 4.51. The Kier molecular flexibility index (Phi) is 2.24. The molecule has 0 saturated carbocycles. The fraction of sp³-hybridized carbons (Fsp3) is 0. The zero-order valence-corrected chi connectivity index (χ0v) is 12.1. The highest BCUT2D eigenvalue weighted by molar-refractivity contribution is 6.23. The third-order valence-corrected chi connectivity index (χ3v) is 4.51. The Hall–Kier alpha value is -3.20. The SMILES string of the molecule is O=C1NC(=O)c2cc3cc4cc5ccccc5cc4cc3cc21. The predicted molar refractivity (Wildman–Crippen MR) is 90.8 cm³/mol. The molecule has 3 nitrogen and oxygen atoms in total. The molecule has 2 amide bonds. The molecule has 0 spiro atoms. The van der Waals surface area contributed by atoms with Crippen molar-refractivity contribution >= 4 is 44.1 Å². The summed E-state index contributed by atoms with van der Waals surface area (Å²) >= 11 is 0. The van der Waals surface area contributed by atoms with Gasteiger partial charge in [-0.05, 0) is 68.7 Å². The molecule has 0 bridgehead atoms. The van der Waals surface area contributed by atoms with Crippen LogP contribution in [0.25, 0.3) is 32.3 Å². The summed E-state index contributed by atoms with van der Waals surface area (Å²) in [5, 5.41) is 8.91. The minimum atomic E-state index is -0.314. The van der Waals surface area contributed by atoms with Crippen LogP contribution in [0.5, 0.6) is 0 Å². The van der Waals surface area contributed by atoms with E-state index in [1.165, 1.54) is 10.8 Å². The van der Waals surface area contributed by atoms with Crippen LogP contribution >= 0.6 is 0 Å². The number of carbonyl (C=O) groups excluding carboxylic acids is 2. The predicted octanol–water partition coefficient (Wildman–Crippen LogP) is 4.03. The van der Waals surface area contributed by atoms with Crippen molar-refractivity contribution in [2.45, 2.75) is 0 Å². The summed E-state index contributed by atoms with van der Waals surface area (Å²) in [6, 6.07) is 20.3. The molecule has 108 valence electrons. The Morgan fingerprint density at radius 1 is 0.522 bits per heavy atom. The molecule has 0 fully saturated rings. The largest absolute Gasteiger partial charge is 0.288 e. The van der Waals surface area contributed by atoms with Gasteiger partial charge in [-0.25, -0.2) is 0 Å². The fourth-order valence-electron chi connectivity index (χ4n) is 3.36. The second-order valence-corrected chi connectivity index (χ2v) is 5.93. The average Bonchev–Trinajstić information content (AvgIpc) is 2.83. The minimum Gasteiger partial charge on any atom is -0.288 e. The monoisotopic (exact) mass is 297 g/mol. The van der Waals surface area contributed by atoms with Crippen LogP contribution in [0.1, 0.15) is 20.7 Å². The number of rotatable bonds is 0. The van der Waals surface area contributed by atoms with Gasteiger partial charge in [0.25, 0.3) is 11.8 Å². The first-order valence-electron chi connectivity index (χ1n) is 7.45. The molecule has 0 saturated heterocycles. The van der Waals surface area contributed by atoms with Gasteiger partial charge in [0.2, 0.25) is 0 Å². The van der Waals surface area contributed by atoms with E-state index in [1.807, 2.05) is 12.1 Å². The highest BCUT2D eigenvalue weighted by Crippen LogP contribution is 2.30. The van der Waals surface area contributed by atoms with Crippen molar-refractivity contribution in [3.8, 4) is 0 Å². The molecule has 0 aliphatic carbocycles. The van der Waals surface area contributed by atoms with Crippen molar-refractivity contribution in [2.75, 3.05) is 0 Å². The van der Waals surface area contributed by atoms with Gasteiger partial charge in [-0.2, -0.15) is 0 Å². The van der Waals surface area contributed by atoms with Crippen molar-refractivity contribution in [3.63, 3.8) is 0 Å². The quantitative estimate of drug-likeness (QED) is 0.393. The van der Waals surface area contributed by atoms with E-state index in [1.54, 1.807) is 12.1 Å².